The summed E-state index contributed by atoms with van der Waals surface area (Å²) < 4.78 is 0. The van der Waals surface area contributed by atoms with Crippen LogP contribution in [0, 0.1) is 0 Å². The van der Waals surface area contributed by atoms with E-state index < -0.39 is 0 Å². The summed E-state index contributed by atoms with van der Waals surface area (Å²) in [5, 5.41) is 7.85. The normalized spacial score (nSPS) is 14.7. The van der Waals surface area contributed by atoms with E-state index in [9.17, 15) is 4.79 Å². The summed E-state index contributed by atoms with van der Waals surface area (Å²) >= 11 is 9.21. The van der Waals surface area contributed by atoms with Crippen LogP contribution in [-0.2, 0) is 11.2 Å². The molecular formula is C19H18ClN3OS2. The van der Waals surface area contributed by atoms with E-state index in [0.717, 1.165) is 53.2 Å². The van der Waals surface area contributed by atoms with Gasteiger partial charge in [0, 0.05) is 53.2 Å². The number of benzene rings is 1. The number of anilines is 1. The van der Waals surface area contributed by atoms with Gasteiger partial charge in [-0.3, -0.25) is 4.79 Å². The molecule has 1 saturated heterocycles. The topological polar surface area (TPSA) is 36.4 Å². The third-order valence-corrected chi connectivity index (χ3v) is 6.35. The molecule has 0 N–H and O–H groups in total. The zero-order chi connectivity index (χ0) is 17.9. The first-order chi connectivity index (χ1) is 12.7. The van der Waals surface area contributed by atoms with Gasteiger partial charge in [-0.15, -0.1) is 11.3 Å². The first kappa shape index (κ1) is 17.5. The van der Waals surface area contributed by atoms with E-state index in [1.807, 2.05) is 39.9 Å². The largest absolute Gasteiger partial charge is 0.368 e. The van der Waals surface area contributed by atoms with Gasteiger partial charge in [-0.05, 0) is 35.7 Å². The Bertz CT molecular complexity index is 869. The second-order valence-corrected chi connectivity index (χ2v) is 8.25. The summed E-state index contributed by atoms with van der Waals surface area (Å²) in [7, 11) is 0. The number of aromatic nitrogens is 1. The minimum Gasteiger partial charge on any atom is -0.368 e. The second-order valence-electron chi connectivity index (χ2n) is 6.18. The van der Waals surface area contributed by atoms with Gasteiger partial charge in [0.05, 0.1) is 12.1 Å². The van der Waals surface area contributed by atoms with Gasteiger partial charge in [0.1, 0.15) is 5.01 Å². The molecule has 1 aliphatic rings. The number of amides is 1. The summed E-state index contributed by atoms with van der Waals surface area (Å²) in [6.07, 6.45) is 0.377. The number of rotatable bonds is 4. The SMILES string of the molecule is O=C(Cc1csc(-c2ccsc2)n1)N1CCN(c2ccc(Cl)cc2)CC1. The lowest BCUT2D eigenvalue weighted by atomic mass is 10.2. The van der Waals surface area contributed by atoms with E-state index in [2.05, 4.69) is 21.3 Å². The first-order valence-electron chi connectivity index (χ1n) is 8.44. The molecule has 7 heteroatoms. The number of piperazine rings is 1. The van der Waals surface area contributed by atoms with Gasteiger partial charge < -0.3 is 9.80 Å². The Kier molecular flexibility index (Phi) is 5.24. The highest BCUT2D eigenvalue weighted by Crippen LogP contribution is 2.26. The number of halogens is 1. The molecule has 4 rings (SSSR count). The lowest BCUT2D eigenvalue weighted by Crippen LogP contribution is -2.49. The van der Waals surface area contributed by atoms with E-state index in [1.54, 1.807) is 22.7 Å². The van der Waals surface area contributed by atoms with Crippen molar-refractivity contribution in [2.45, 2.75) is 6.42 Å². The highest BCUT2D eigenvalue weighted by molar-refractivity contribution is 7.14. The lowest BCUT2D eigenvalue weighted by Gasteiger charge is -2.36. The van der Waals surface area contributed by atoms with Crippen LogP contribution in [0.1, 0.15) is 5.69 Å². The molecule has 134 valence electrons. The maximum absolute atomic E-state index is 12.6. The molecule has 0 aliphatic carbocycles. The number of thiazole rings is 1. The molecule has 0 radical (unpaired) electrons. The van der Waals surface area contributed by atoms with Gasteiger partial charge in [0.15, 0.2) is 0 Å². The van der Waals surface area contributed by atoms with E-state index in [0.29, 0.717) is 6.42 Å². The quantitative estimate of drug-likeness (QED) is 0.647. The fourth-order valence-electron chi connectivity index (χ4n) is 3.04. The van der Waals surface area contributed by atoms with Crippen molar-refractivity contribution in [2.24, 2.45) is 0 Å². The van der Waals surface area contributed by atoms with E-state index in [4.69, 9.17) is 11.6 Å². The van der Waals surface area contributed by atoms with Crippen LogP contribution < -0.4 is 4.90 Å². The first-order valence-corrected chi connectivity index (χ1v) is 10.6. The van der Waals surface area contributed by atoms with Crippen LogP contribution in [0.4, 0.5) is 5.69 Å². The Morgan fingerprint density at radius 2 is 1.85 bits per heavy atom. The van der Waals surface area contributed by atoms with E-state index in [1.165, 1.54) is 0 Å². The zero-order valence-electron chi connectivity index (χ0n) is 14.1. The maximum atomic E-state index is 12.6. The van der Waals surface area contributed by atoms with Gasteiger partial charge in [0.25, 0.3) is 0 Å². The minimum atomic E-state index is 0.155. The summed E-state index contributed by atoms with van der Waals surface area (Å²) in [5.41, 5.74) is 3.15. The third-order valence-electron chi connectivity index (χ3n) is 4.48. The summed E-state index contributed by atoms with van der Waals surface area (Å²) in [6.45, 7) is 3.15. The van der Waals surface area contributed by atoms with Crippen molar-refractivity contribution in [3.8, 4) is 10.6 Å². The van der Waals surface area contributed by atoms with Crippen LogP contribution in [0.15, 0.2) is 46.5 Å². The average Bonchev–Trinajstić information content (AvgIpc) is 3.34. The second kappa shape index (κ2) is 7.78. The molecule has 26 heavy (non-hydrogen) atoms. The monoisotopic (exact) mass is 403 g/mol. The maximum Gasteiger partial charge on any atom is 0.228 e. The highest BCUT2D eigenvalue weighted by atomic mass is 35.5. The summed E-state index contributed by atoms with van der Waals surface area (Å²) in [6, 6.07) is 9.93. The highest BCUT2D eigenvalue weighted by Gasteiger charge is 2.22. The van der Waals surface area contributed by atoms with Crippen molar-refractivity contribution in [1.29, 1.82) is 0 Å². The minimum absolute atomic E-state index is 0.155. The lowest BCUT2D eigenvalue weighted by molar-refractivity contribution is -0.130. The summed E-state index contributed by atoms with van der Waals surface area (Å²) in [4.78, 5) is 21.5. The van der Waals surface area contributed by atoms with Crippen molar-refractivity contribution in [3.05, 3.63) is 57.2 Å². The van der Waals surface area contributed by atoms with Gasteiger partial charge >= 0.3 is 0 Å². The molecule has 0 spiro atoms. The van der Waals surface area contributed by atoms with Crippen LogP contribution in [0.5, 0.6) is 0 Å². The average molecular weight is 404 g/mol. The Labute approximate surface area is 165 Å². The number of hydrogen-bond donors (Lipinski definition) is 0. The molecule has 1 fully saturated rings. The summed E-state index contributed by atoms with van der Waals surface area (Å²) in [5.74, 6) is 0.155. The molecular weight excluding hydrogens is 386 g/mol. The molecule has 1 amide bonds. The van der Waals surface area contributed by atoms with Crippen molar-refractivity contribution >= 4 is 45.9 Å². The number of thiophene rings is 1. The van der Waals surface area contributed by atoms with Gasteiger partial charge in [0.2, 0.25) is 5.91 Å². The Morgan fingerprint density at radius 1 is 1.08 bits per heavy atom. The third kappa shape index (κ3) is 3.92. The Balaban J connectivity index is 1.33. The fraction of sp³-hybridized carbons (Fsp3) is 0.263. The molecule has 0 unspecified atom stereocenters. The van der Waals surface area contributed by atoms with Gasteiger partial charge in [-0.1, -0.05) is 11.6 Å². The molecule has 0 saturated carbocycles. The Hall–Kier alpha value is -1.89. The van der Waals surface area contributed by atoms with Crippen LogP contribution in [0.2, 0.25) is 5.02 Å². The Morgan fingerprint density at radius 3 is 2.54 bits per heavy atom. The van der Waals surface area contributed by atoms with E-state index >= 15 is 0 Å². The fourth-order valence-corrected chi connectivity index (χ4v) is 4.70. The van der Waals surface area contributed by atoms with Crippen molar-refractivity contribution in [3.63, 3.8) is 0 Å². The molecule has 2 aromatic heterocycles. The number of carbonyl (C=O) groups is 1. The molecule has 3 heterocycles. The molecule has 1 aliphatic heterocycles. The van der Waals surface area contributed by atoms with Crippen molar-refractivity contribution in [1.82, 2.24) is 9.88 Å². The molecule has 1 aromatic carbocycles. The predicted molar refractivity (Wildman–Crippen MR) is 109 cm³/mol. The number of hydrogen-bond acceptors (Lipinski definition) is 5. The van der Waals surface area contributed by atoms with Crippen LogP contribution in [-0.4, -0.2) is 42.0 Å². The number of carbonyl (C=O) groups excluding carboxylic acids is 1. The van der Waals surface area contributed by atoms with Gasteiger partial charge in [-0.25, -0.2) is 4.98 Å². The molecule has 3 aromatic rings. The smallest absolute Gasteiger partial charge is 0.228 e. The molecule has 4 nitrogen and oxygen atoms in total. The van der Waals surface area contributed by atoms with Gasteiger partial charge in [-0.2, -0.15) is 11.3 Å². The van der Waals surface area contributed by atoms with Crippen molar-refractivity contribution in [2.75, 3.05) is 31.1 Å². The van der Waals surface area contributed by atoms with Crippen molar-refractivity contribution < 1.29 is 4.79 Å². The molecule has 0 bridgehead atoms. The van der Waals surface area contributed by atoms with Crippen LogP contribution in [0.3, 0.4) is 0 Å². The standard InChI is InChI=1S/C19H18ClN3OS2/c20-15-1-3-17(4-2-15)22-6-8-23(9-7-22)18(24)11-16-13-26-19(21-16)14-5-10-25-12-14/h1-5,10,12-13H,6-9,11H2. The zero-order valence-corrected chi connectivity index (χ0v) is 16.5. The number of nitrogens with zero attached hydrogens (tertiary/aromatic N) is 3. The predicted octanol–water partition coefficient (Wildman–Crippen LogP) is 4.42. The molecule has 0 atom stereocenters. The van der Waals surface area contributed by atoms with E-state index in [-0.39, 0.29) is 5.91 Å². The van der Waals surface area contributed by atoms with Crippen LogP contribution >= 0.6 is 34.3 Å². The van der Waals surface area contributed by atoms with Crippen LogP contribution in [0.25, 0.3) is 10.6 Å².